The number of aliphatic hydroxyl groups excluding tert-OH is 2. The fourth-order valence-electron chi connectivity index (χ4n) is 4.08. The van der Waals surface area contributed by atoms with Crippen molar-refractivity contribution in [3.63, 3.8) is 0 Å². The minimum Gasteiger partial charge on any atom is -0.394 e. The zero-order valence-corrected chi connectivity index (χ0v) is 15.9. The molecule has 1 aromatic carbocycles. The third-order valence-corrected chi connectivity index (χ3v) is 5.58. The minimum atomic E-state index is -1.59. The highest BCUT2D eigenvalue weighted by Crippen LogP contribution is 2.44. The molecule has 2 saturated heterocycles. The minimum absolute atomic E-state index is 0.0348. The fraction of sp³-hybridized carbons (Fsp3) is 0.556. The highest BCUT2D eigenvalue weighted by Gasteiger charge is 2.61. The van der Waals surface area contributed by atoms with Gasteiger partial charge in [-0.25, -0.2) is 17.9 Å². The number of hydrogen-bond acceptors (Lipinski definition) is 8. The van der Waals surface area contributed by atoms with E-state index in [4.69, 9.17) is 19.9 Å². The number of rotatable bonds is 4. The van der Waals surface area contributed by atoms with Gasteiger partial charge in [0.15, 0.2) is 17.5 Å². The van der Waals surface area contributed by atoms with E-state index >= 15 is 0 Å². The Balaban J connectivity index is 1.74. The molecule has 3 heterocycles. The number of nitrogens with two attached hydrogens (primary N) is 1. The van der Waals surface area contributed by atoms with Crippen molar-refractivity contribution >= 4 is 0 Å². The van der Waals surface area contributed by atoms with Gasteiger partial charge >= 0.3 is 0 Å². The van der Waals surface area contributed by atoms with Gasteiger partial charge in [0, 0.05) is 12.7 Å². The summed E-state index contributed by atoms with van der Waals surface area (Å²) in [6.45, 7) is -0.236. The largest absolute Gasteiger partial charge is 0.394 e. The molecular formula is C18H21F3N4O5. The highest BCUT2D eigenvalue weighted by molar-refractivity contribution is 5.57. The summed E-state index contributed by atoms with van der Waals surface area (Å²) in [7, 11) is 1.38. The first-order valence-corrected chi connectivity index (χ1v) is 9.28. The molecule has 4 rings (SSSR count). The first-order valence-electron chi connectivity index (χ1n) is 9.28. The average Bonchev–Trinajstić information content (AvgIpc) is 3.34. The van der Waals surface area contributed by atoms with Gasteiger partial charge in [-0.1, -0.05) is 5.21 Å². The lowest BCUT2D eigenvalue weighted by atomic mass is 9.86. The molecule has 2 aromatic rings. The van der Waals surface area contributed by atoms with Gasteiger partial charge in [0.05, 0.1) is 25.5 Å². The maximum atomic E-state index is 13.6. The van der Waals surface area contributed by atoms with E-state index in [1.165, 1.54) is 18.0 Å². The Hall–Kier alpha value is -2.09. The van der Waals surface area contributed by atoms with Crippen molar-refractivity contribution in [3.8, 4) is 11.3 Å². The van der Waals surface area contributed by atoms with E-state index in [9.17, 15) is 23.4 Å². The van der Waals surface area contributed by atoms with E-state index in [-0.39, 0.29) is 11.3 Å². The molecule has 1 aromatic heterocycles. The number of aromatic nitrogens is 3. The number of hydrogen-bond donors (Lipinski definition) is 3. The van der Waals surface area contributed by atoms with E-state index < -0.39 is 60.2 Å². The summed E-state index contributed by atoms with van der Waals surface area (Å²) < 4.78 is 58.9. The Morgan fingerprint density at radius 1 is 1.33 bits per heavy atom. The zero-order chi connectivity index (χ0) is 21.6. The molecule has 0 radical (unpaired) electrons. The number of halogens is 3. The Morgan fingerprint density at radius 2 is 2.03 bits per heavy atom. The van der Waals surface area contributed by atoms with Gasteiger partial charge in [0.2, 0.25) is 5.79 Å². The molecular weight excluding hydrogens is 409 g/mol. The third-order valence-electron chi connectivity index (χ3n) is 5.58. The highest BCUT2D eigenvalue weighted by atomic mass is 19.2. The van der Waals surface area contributed by atoms with Crippen LogP contribution in [0, 0.1) is 17.5 Å². The van der Waals surface area contributed by atoms with Crippen LogP contribution in [0.5, 0.6) is 0 Å². The van der Waals surface area contributed by atoms with E-state index in [0.29, 0.717) is 13.0 Å². The van der Waals surface area contributed by atoms with Crippen LogP contribution in [-0.2, 0) is 14.2 Å². The molecule has 2 aliphatic rings. The van der Waals surface area contributed by atoms with Crippen LogP contribution in [0.2, 0.25) is 0 Å². The van der Waals surface area contributed by atoms with Crippen molar-refractivity contribution in [1.29, 1.82) is 0 Å². The van der Waals surface area contributed by atoms with E-state index in [2.05, 4.69) is 10.3 Å². The van der Waals surface area contributed by atoms with E-state index in [1.54, 1.807) is 0 Å². The van der Waals surface area contributed by atoms with E-state index in [1.807, 2.05) is 0 Å². The van der Waals surface area contributed by atoms with Crippen LogP contribution in [-0.4, -0.2) is 75.7 Å². The van der Waals surface area contributed by atoms with Gasteiger partial charge in [0.1, 0.15) is 30.0 Å². The van der Waals surface area contributed by atoms with Crippen molar-refractivity contribution < 1.29 is 37.6 Å². The number of methoxy groups -OCH3 is 1. The standard InChI is InChI=1S/C18H21F3N4O5/c1-28-17-15(16(27)12(7-26)30-18(17)13(22)2-3-29-18)25-6-11(23-24-25)8-4-9(19)14(21)10(20)5-8/h4-6,12-13,15-17,26-27H,2-3,7,22H2,1H3/t12-,13-,15+,16+,17-,18+/m1/s1. The lowest BCUT2D eigenvalue weighted by Crippen LogP contribution is -2.68. The van der Waals surface area contributed by atoms with Crippen molar-refractivity contribution in [2.45, 2.75) is 42.6 Å². The maximum absolute atomic E-state index is 13.6. The molecule has 0 unspecified atom stereocenters. The SMILES string of the molecule is CO[C@@H]1[C@@H](n2cc(-c3cc(F)c(F)c(F)c3)nn2)[C@@H](O)[C@@H](CO)O[C@]12OCC[C@H]2N. The van der Waals surface area contributed by atoms with Crippen LogP contribution in [0.4, 0.5) is 13.2 Å². The van der Waals surface area contributed by atoms with Crippen LogP contribution in [0.25, 0.3) is 11.3 Å². The Labute approximate surface area is 169 Å². The van der Waals surface area contributed by atoms with Gasteiger partial charge in [-0.15, -0.1) is 5.10 Å². The smallest absolute Gasteiger partial charge is 0.213 e. The molecule has 6 atom stereocenters. The van der Waals surface area contributed by atoms with Crippen molar-refractivity contribution in [1.82, 2.24) is 15.0 Å². The zero-order valence-electron chi connectivity index (χ0n) is 15.9. The molecule has 164 valence electrons. The van der Waals surface area contributed by atoms with Gasteiger partial charge < -0.3 is 30.2 Å². The Kier molecular flexibility index (Phi) is 5.55. The van der Waals surface area contributed by atoms with Crippen LogP contribution in [0.15, 0.2) is 18.3 Å². The molecule has 0 saturated carbocycles. The Bertz CT molecular complexity index is 908. The van der Waals surface area contributed by atoms with Gasteiger partial charge in [0.25, 0.3) is 0 Å². The second-order valence-electron chi connectivity index (χ2n) is 7.28. The van der Waals surface area contributed by atoms with Crippen LogP contribution in [0.3, 0.4) is 0 Å². The first-order chi connectivity index (χ1) is 14.3. The predicted molar refractivity (Wildman–Crippen MR) is 94.4 cm³/mol. The summed E-state index contributed by atoms with van der Waals surface area (Å²) in [5.74, 6) is -5.77. The fourth-order valence-corrected chi connectivity index (χ4v) is 4.08. The second kappa shape index (κ2) is 7.87. The summed E-state index contributed by atoms with van der Waals surface area (Å²) in [4.78, 5) is 0. The van der Waals surface area contributed by atoms with Gasteiger partial charge in [-0.2, -0.15) is 0 Å². The lowest BCUT2D eigenvalue weighted by molar-refractivity contribution is -0.347. The molecule has 0 bridgehead atoms. The normalized spacial score (nSPS) is 34.0. The topological polar surface area (TPSA) is 125 Å². The first kappa shape index (κ1) is 21.2. The average molecular weight is 430 g/mol. The van der Waals surface area contributed by atoms with Crippen LogP contribution in [0.1, 0.15) is 12.5 Å². The number of nitrogens with zero attached hydrogens (tertiary/aromatic N) is 3. The monoisotopic (exact) mass is 430 g/mol. The Morgan fingerprint density at radius 3 is 2.60 bits per heavy atom. The molecule has 4 N–H and O–H groups in total. The molecule has 30 heavy (non-hydrogen) atoms. The summed E-state index contributed by atoms with van der Waals surface area (Å²) in [5.41, 5.74) is 6.19. The number of benzene rings is 1. The molecule has 2 fully saturated rings. The van der Waals surface area contributed by atoms with Crippen molar-refractivity contribution in [2.75, 3.05) is 20.3 Å². The molecule has 2 aliphatic heterocycles. The molecule has 1 spiro atoms. The summed E-state index contributed by atoms with van der Waals surface area (Å²) >= 11 is 0. The lowest BCUT2D eigenvalue weighted by Gasteiger charge is -2.50. The number of aliphatic hydroxyl groups is 2. The number of ether oxygens (including phenoxy) is 3. The third kappa shape index (κ3) is 3.20. The maximum Gasteiger partial charge on any atom is 0.213 e. The van der Waals surface area contributed by atoms with Crippen molar-refractivity contribution in [2.24, 2.45) is 5.73 Å². The molecule has 0 amide bonds. The van der Waals surface area contributed by atoms with Crippen LogP contribution < -0.4 is 5.73 Å². The quantitative estimate of drug-likeness (QED) is 0.584. The predicted octanol–water partition coefficient (Wildman–Crippen LogP) is 0.114. The second-order valence-corrected chi connectivity index (χ2v) is 7.28. The summed E-state index contributed by atoms with van der Waals surface area (Å²) in [6, 6.07) is 0.0144. The molecule has 12 heteroatoms. The van der Waals surface area contributed by atoms with Gasteiger partial charge in [-0.3, -0.25) is 0 Å². The molecule has 9 nitrogen and oxygen atoms in total. The van der Waals surface area contributed by atoms with Crippen LogP contribution >= 0.6 is 0 Å². The van der Waals surface area contributed by atoms with Crippen molar-refractivity contribution in [3.05, 3.63) is 35.8 Å². The molecule has 0 aliphatic carbocycles. The summed E-state index contributed by atoms with van der Waals surface area (Å²) in [5, 5.41) is 28.3. The summed E-state index contributed by atoms with van der Waals surface area (Å²) in [6.07, 6.45) is -1.50. The van der Waals surface area contributed by atoms with Gasteiger partial charge in [-0.05, 0) is 18.6 Å². The van der Waals surface area contributed by atoms with E-state index in [0.717, 1.165) is 12.1 Å².